The lowest BCUT2D eigenvalue weighted by molar-refractivity contribution is 0.815. The Balaban J connectivity index is 2.51. The highest BCUT2D eigenvalue weighted by Crippen LogP contribution is 2.24. The van der Waals surface area contributed by atoms with Crippen LogP contribution in [0.15, 0.2) is 30.6 Å². The van der Waals surface area contributed by atoms with E-state index in [9.17, 15) is 0 Å². The quantitative estimate of drug-likeness (QED) is 0.886. The van der Waals surface area contributed by atoms with Gasteiger partial charge in [-0.25, -0.2) is 4.98 Å². The molecule has 0 aliphatic heterocycles. The van der Waals surface area contributed by atoms with Crippen molar-refractivity contribution in [3.8, 4) is 11.4 Å². The molecule has 16 heavy (non-hydrogen) atoms. The summed E-state index contributed by atoms with van der Waals surface area (Å²) in [5, 5.41) is 3.89. The summed E-state index contributed by atoms with van der Waals surface area (Å²) in [6.07, 6.45) is 3.74. The Bertz CT molecular complexity index is 491. The van der Waals surface area contributed by atoms with Gasteiger partial charge in [0.05, 0.1) is 0 Å². The normalized spacial score (nSPS) is 10.7. The molecular weight excluding hydrogens is 222 g/mol. The van der Waals surface area contributed by atoms with Gasteiger partial charge in [0.25, 0.3) is 0 Å². The van der Waals surface area contributed by atoms with E-state index in [2.05, 4.69) is 10.3 Å². The zero-order valence-corrected chi connectivity index (χ0v) is 10.1. The van der Waals surface area contributed by atoms with E-state index in [1.165, 1.54) is 0 Å². The van der Waals surface area contributed by atoms with Crippen LogP contribution < -0.4 is 5.32 Å². The summed E-state index contributed by atoms with van der Waals surface area (Å²) in [6, 6.07) is 5.88. The SMILES string of the molecule is CNCc1cc(Cl)ccc1-c1nccn1C. The van der Waals surface area contributed by atoms with Gasteiger partial charge < -0.3 is 9.88 Å². The van der Waals surface area contributed by atoms with Gasteiger partial charge in [0.1, 0.15) is 5.82 Å². The number of halogens is 1. The number of hydrogen-bond acceptors (Lipinski definition) is 2. The van der Waals surface area contributed by atoms with E-state index in [1.54, 1.807) is 6.20 Å². The van der Waals surface area contributed by atoms with Gasteiger partial charge in [-0.2, -0.15) is 0 Å². The maximum Gasteiger partial charge on any atom is 0.139 e. The largest absolute Gasteiger partial charge is 0.334 e. The van der Waals surface area contributed by atoms with E-state index >= 15 is 0 Å². The third-order valence-corrected chi connectivity index (χ3v) is 2.73. The third kappa shape index (κ3) is 2.10. The Kier molecular flexibility index (Phi) is 3.27. The molecule has 3 nitrogen and oxygen atoms in total. The molecule has 1 aromatic heterocycles. The van der Waals surface area contributed by atoms with Gasteiger partial charge in [0.15, 0.2) is 0 Å². The van der Waals surface area contributed by atoms with E-state index in [-0.39, 0.29) is 0 Å². The van der Waals surface area contributed by atoms with Gasteiger partial charge in [-0.1, -0.05) is 11.6 Å². The highest BCUT2D eigenvalue weighted by atomic mass is 35.5. The first-order valence-corrected chi connectivity index (χ1v) is 5.51. The van der Waals surface area contributed by atoms with Gasteiger partial charge in [-0.15, -0.1) is 0 Å². The first-order chi connectivity index (χ1) is 7.72. The molecule has 0 saturated heterocycles. The van der Waals surface area contributed by atoms with Crippen molar-refractivity contribution in [2.24, 2.45) is 7.05 Å². The molecule has 84 valence electrons. The van der Waals surface area contributed by atoms with Crippen molar-refractivity contribution >= 4 is 11.6 Å². The van der Waals surface area contributed by atoms with Gasteiger partial charge >= 0.3 is 0 Å². The second-order valence-electron chi connectivity index (χ2n) is 3.69. The summed E-state index contributed by atoms with van der Waals surface area (Å²) in [5.74, 6) is 0.960. The Labute approximate surface area is 100 Å². The van der Waals surface area contributed by atoms with Crippen LogP contribution in [0.25, 0.3) is 11.4 Å². The minimum Gasteiger partial charge on any atom is -0.334 e. The molecule has 1 heterocycles. The molecule has 2 aromatic rings. The van der Waals surface area contributed by atoms with Crippen molar-refractivity contribution in [1.29, 1.82) is 0 Å². The smallest absolute Gasteiger partial charge is 0.139 e. The van der Waals surface area contributed by atoms with Crippen LogP contribution in [0.3, 0.4) is 0 Å². The topological polar surface area (TPSA) is 29.9 Å². The lowest BCUT2D eigenvalue weighted by Gasteiger charge is -2.09. The Morgan fingerprint density at radius 3 is 2.88 bits per heavy atom. The second-order valence-corrected chi connectivity index (χ2v) is 4.13. The number of nitrogens with one attached hydrogen (secondary N) is 1. The number of aryl methyl sites for hydroxylation is 1. The molecular formula is C12H14ClN3. The van der Waals surface area contributed by atoms with Crippen molar-refractivity contribution < 1.29 is 0 Å². The van der Waals surface area contributed by atoms with E-state index < -0.39 is 0 Å². The highest BCUT2D eigenvalue weighted by Gasteiger charge is 2.09. The van der Waals surface area contributed by atoms with Crippen LogP contribution in [-0.2, 0) is 13.6 Å². The minimum atomic E-state index is 0.753. The Morgan fingerprint density at radius 1 is 1.44 bits per heavy atom. The fourth-order valence-corrected chi connectivity index (χ4v) is 1.94. The molecule has 0 atom stereocenters. The molecule has 0 aliphatic rings. The number of benzene rings is 1. The maximum absolute atomic E-state index is 6.00. The van der Waals surface area contributed by atoms with Crippen molar-refractivity contribution in [3.05, 3.63) is 41.2 Å². The second kappa shape index (κ2) is 4.68. The summed E-state index contributed by atoms with van der Waals surface area (Å²) in [5.41, 5.74) is 2.27. The summed E-state index contributed by atoms with van der Waals surface area (Å²) >= 11 is 6.00. The van der Waals surface area contributed by atoms with Crippen LogP contribution in [-0.4, -0.2) is 16.6 Å². The molecule has 0 bridgehead atoms. The first kappa shape index (κ1) is 11.2. The number of nitrogens with zero attached hydrogens (tertiary/aromatic N) is 2. The van der Waals surface area contributed by atoms with Gasteiger partial charge in [0, 0.05) is 36.6 Å². The van der Waals surface area contributed by atoms with Crippen molar-refractivity contribution in [3.63, 3.8) is 0 Å². The first-order valence-electron chi connectivity index (χ1n) is 5.13. The predicted octanol–water partition coefficient (Wildman–Crippen LogP) is 2.46. The van der Waals surface area contributed by atoms with E-state index in [0.717, 1.165) is 28.5 Å². The molecule has 0 unspecified atom stereocenters. The molecule has 0 amide bonds. The predicted molar refractivity (Wildman–Crippen MR) is 66.4 cm³/mol. The van der Waals surface area contributed by atoms with Crippen LogP contribution in [0.5, 0.6) is 0 Å². The zero-order valence-electron chi connectivity index (χ0n) is 9.37. The number of imidazole rings is 1. The molecule has 0 fully saturated rings. The Hall–Kier alpha value is -1.32. The lowest BCUT2D eigenvalue weighted by atomic mass is 10.1. The van der Waals surface area contributed by atoms with E-state index in [0.29, 0.717) is 0 Å². The zero-order chi connectivity index (χ0) is 11.5. The standard InChI is InChI=1S/C12H14ClN3/c1-14-8-9-7-10(13)3-4-11(9)12-15-5-6-16(12)2/h3-7,14H,8H2,1-2H3. The number of aromatic nitrogens is 2. The van der Waals surface area contributed by atoms with Crippen LogP contribution >= 0.6 is 11.6 Å². The highest BCUT2D eigenvalue weighted by molar-refractivity contribution is 6.30. The molecule has 1 aromatic carbocycles. The number of rotatable bonds is 3. The molecule has 0 aliphatic carbocycles. The fraction of sp³-hybridized carbons (Fsp3) is 0.250. The molecule has 0 saturated carbocycles. The maximum atomic E-state index is 6.00. The average Bonchev–Trinajstić information content (AvgIpc) is 2.65. The van der Waals surface area contributed by atoms with Crippen LogP contribution in [0.4, 0.5) is 0 Å². The average molecular weight is 236 g/mol. The van der Waals surface area contributed by atoms with Crippen molar-refractivity contribution in [1.82, 2.24) is 14.9 Å². The Morgan fingerprint density at radius 2 is 2.25 bits per heavy atom. The molecule has 4 heteroatoms. The van der Waals surface area contributed by atoms with Crippen LogP contribution in [0, 0.1) is 0 Å². The monoisotopic (exact) mass is 235 g/mol. The molecule has 0 radical (unpaired) electrons. The molecule has 1 N–H and O–H groups in total. The van der Waals surface area contributed by atoms with Gasteiger partial charge in [-0.3, -0.25) is 0 Å². The summed E-state index contributed by atoms with van der Waals surface area (Å²) in [7, 11) is 3.91. The lowest BCUT2D eigenvalue weighted by Crippen LogP contribution is -2.07. The minimum absolute atomic E-state index is 0.753. The van der Waals surface area contributed by atoms with Crippen molar-refractivity contribution in [2.45, 2.75) is 6.54 Å². The van der Waals surface area contributed by atoms with E-state index in [1.807, 2.05) is 43.1 Å². The molecule has 0 spiro atoms. The number of hydrogen-bond donors (Lipinski definition) is 1. The van der Waals surface area contributed by atoms with E-state index in [4.69, 9.17) is 11.6 Å². The summed E-state index contributed by atoms with van der Waals surface area (Å²) in [4.78, 5) is 4.35. The summed E-state index contributed by atoms with van der Waals surface area (Å²) in [6.45, 7) is 0.781. The van der Waals surface area contributed by atoms with Crippen LogP contribution in [0.2, 0.25) is 5.02 Å². The van der Waals surface area contributed by atoms with Crippen molar-refractivity contribution in [2.75, 3.05) is 7.05 Å². The fourth-order valence-electron chi connectivity index (χ4n) is 1.74. The van der Waals surface area contributed by atoms with Gasteiger partial charge in [-0.05, 0) is 30.8 Å². The van der Waals surface area contributed by atoms with Crippen LogP contribution in [0.1, 0.15) is 5.56 Å². The van der Waals surface area contributed by atoms with Gasteiger partial charge in [0.2, 0.25) is 0 Å². The summed E-state index contributed by atoms with van der Waals surface area (Å²) < 4.78 is 2.00. The third-order valence-electron chi connectivity index (χ3n) is 2.50. The molecule has 2 rings (SSSR count).